The van der Waals surface area contributed by atoms with Crippen molar-refractivity contribution in [2.75, 3.05) is 0 Å². The van der Waals surface area contributed by atoms with Crippen LogP contribution in [-0.2, 0) is 0 Å². The van der Waals surface area contributed by atoms with Crippen molar-refractivity contribution in [1.82, 2.24) is 5.32 Å². The van der Waals surface area contributed by atoms with Crippen molar-refractivity contribution in [3.63, 3.8) is 0 Å². The van der Waals surface area contributed by atoms with E-state index in [0.29, 0.717) is 5.84 Å². The molecule has 1 aromatic heterocycles. The minimum absolute atomic E-state index is 0.382. The van der Waals surface area contributed by atoms with Crippen LogP contribution in [0.25, 0.3) is 76.5 Å². The second-order valence-corrected chi connectivity index (χ2v) is 14.2. The maximum absolute atomic E-state index is 6.61. The number of benzene rings is 9. The van der Waals surface area contributed by atoms with Gasteiger partial charge in [0.1, 0.15) is 23.2 Å². The highest BCUT2D eigenvalue weighted by Crippen LogP contribution is 2.40. The average Bonchev–Trinajstić information content (AvgIpc) is 3.65. The van der Waals surface area contributed by atoms with Gasteiger partial charge >= 0.3 is 0 Å². The number of furan rings is 1. The molecule has 10 aromatic rings. The van der Waals surface area contributed by atoms with E-state index in [1.54, 1.807) is 0 Å². The van der Waals surface area contributed by atoms with Gasteiger partial charge in [-0.3, -0.25) is 0 Å². The Hall–Kier alpha value is -7.30. The predicted octanol–water partition coefficient (Wildman–Crippen LogP) is 12.9. The van der Waals surface area contributed by atoms with E-state index in [0.717, 1.165) is 61.0 Å². The van der Waals surface area contributed by atoms with E-state index in [1.165, 1.54) is 38.1 Å². The first-order valence-electron chi connectivity index (χ1n) is 18.7. The third kappa shape index (κ3) is 5.38. The van der Waals surface area contributed by atoms with Gasteiger partial charge in [0, 0.05) is 21.9 Å². The molecule has 0 saturated heterocycles. The Morgan fingerprint density at radius 1 is 0.418 bits per heavy atom. The smallest absolute Gasteiger partial charge is 0.159 e. The maximum atomic E-state index is 6.61. The zero-order valence-electron chi connectivity index (χ0n) is 29.8. The van der Waals surface area contributed by atoms with E-state index in [4.69, 9.17) is 14.4 Å². The highest BCUT2D eigenvalue weighted by atomic mass is 16.3. The van der Waals surface area contributed by atoms with Crippen molar-refractivity contribution >= 4 is 65.9 Å². The van der Waals surface area contributed by atoms with Crippen LogP contribution in [0.1, 0.15) is 22.9 Å². The second kappa shape index (κ2) is 12.7. The standard InChI is InChI=1S/C51H33N3O/c1-2-11-32(12-3-1)37-16-8-17-38(29-37)42-19-9-21-45-47(42)48-43(20-10-22-46(48)55-45)51-53-49(39-27-23-33-13-4-5-15-36(33)30-39)52-50(54-51)40-28-26-35-25-24-34-14-6-7-18-41(34)44(35)31-40/h1-31,50H,(H,52,53,54). The van der Waals surface area contributed by atoms with Gasteiger partial charge in [0.05, 0.1) is 0 Å². The molecular formula is C51H33N3O. The summed E-state index contributed by atoms with van der Waals surface area (Å²) in [4.78, 5) is 10.6. The zero-order chi connectivity index (χ0) is 36.3. The molecule has 0 saturated carbocycles. The molecule has 1 unspecified atom stereocenters. The number of rotatable bonds is 5. The lowest BCUT2D eigenvalue weighted by Gasteiger charge is -2.24. The highest BCUT2D eigenvalue weighted by Gasteiger charge is 2.25. The molecule has 2 heterocycles. The van der Waals surface area contributed by atoms with Crippen LogP contribution in [0, 0.1) is 0 Å². The molecule has 1 atom stereocenters. The number of nitrogens with one attached hydrogen (secondary N) is 1. The molecule has 1 N–H and O–H groups in total. The Balaban J connectivity index is 1.11. The SMILES string of the molecule is c1ccc(-c2cccc(-c3cccc4oc5cccc(C6=NC(c7ccc8ccccc8c7)=NC(c7ccc8ccc9ccccc9c8c7)N6)c5c34)c2)cc1. The number of nitrogens with zero attached hydrogens (tertiary/aromatic N) is 2. The molecule has 0 spiro atoms. The largest absolute Gasteiger partial charge is 0.456 e. The summed E-state index contributed by atoms with van der Waals surface area (Å²) in [6, 6.07) is 66.4. The molecule has 55 heavy (non-hydrogen) atoms. The topological polar surface area (TPSA) is 49.9 Å². The van der Waals surface area contributed by atoms with Gasteiger partial charge in [-0.15, -0.1) is 0 Å². The minimum Gasteiger partial charge on any atom is -0.456 e. The maximum Gasteiger partial charge on any atom is 0.159 e. The molecule has 0 amide bonds. The monoisotopic (exact) mass is 703 g/mol. The van der Waals surface area contributed by atoms with Gasteiger partial charge in [0.2, 0.25) is 0 Å². The summed E-state index contributed by atoms with van der Waals surface area (Å²) in [7, 11) is 0. The summed E-state index contributed by atoms with van der Waals surface area (Å²) >= 11 is 0. The van der Waals surface area contributed by atoms with E-state index in [9.17, 15) is 0 Å². The Labute approximate surface area is 317 Å². The lowest BCUT2D eigenvalue weighted by atomic mass is 9.94. The number of hydrogen-bond acceptors (Lipinski definition) is 4. The Kier molecular flexibility index (Phi) is 7.20. The van der Waals surface area contributed by atoms with Crippen molar-refractivity contribution in [2.24, 2.45) is 9.98 Å². The highest BCUT2D eigenvalue weighted by molar-refractivity contribution is 6.24. The summed E-state index contributed by atoms with van der Waals surface area (Å²) in [5.41, 5.74) is 9.24. The first-order chi connectivity index (χ1) is 27.2. The molecule has 1 aliphatic heterocycles. The summed E-state index contributed by atoms with van der Waals surface area (Å²) in [6.07, 6.45) is -0.382. The fraction of sp³-hybridized carbons (Fsp3) is 0.0196. The van der Waals surface area contributed by atoms with Crippen LogP contribution in [0.3, 0.4) is 0 Å². The van der Waals surface area contributed by atoms with Crippen molar-refractivity contribution in [2.45, 2.75) is 6.17 Å². The first-order valence-corrected chi connectivity index (χ1v) is 18.7. The molecule has 0 radical (unpaired) electrons. The molecular weight excluding hydrogens is 671 g/mol. The Morgan fingerprint density at radius 3 is 1.91 bits per heavy atom. The van der Waals surface area contributed by atoms with Gasteiger partial charge in [0.15, 0.2) is 5.84 Å². The van der Waals surface area contributed by atoms with Crippen molar-refractivity contribution < 1.29 is 4.42 Å². The summed E-state index contributed by atoms with van der Waals surface area (Å²) in [5, 5.41) is 13.1. The van der Waals surface area contributed by atoms with Crippen molar-refractivity contribution in [3.8, 4) is 22.3 Å². The van der Waals surface area contributed by atoms with E-state index in [-0.39, 0.29) is 6.17 Å². The van der Waals surface area contributed by atoms with E-state index in [2.05, 4.69) is 193 Å². The Bertz CT molecular complexity index is 3190. The zero-order valence-corrected chi connectivity index (χ0v) is 29.8. The normalized spacial score (nSPS) is 14.4. The fourth-order valence-electron chi connectivity index (χ4n) is 8.21. The Morgan fingerprint density at radius 2 is 1.05 bits per heavy atom. The van der Waals surface area contributed by atoms with Crippen LogP contribution in [-0.4, -0.2) is 11.7 Å². The molecule has 11 rings (SSSR count). The van der Waals surface area contributed by atoms with Crippen molar-refractivity contribution in [3.05, 3.63) is 205 Å². The van der Waals surface area contributed by atoms with E-state index >= 15 is 0 Å². The second-order valence-electron chi connectivity index (χ2n) is 14.2. The van der Waals surface area contributed by atoms with Crippen LogP contribution in [0.4, 0.5) is 0 Å². The fourth-order valence-corrected chi connectivity index (χ4v) is 8.21. The third-order valence-corrected chi connectivity index (χ3v) is 10.9. The number of fused-ring (bicyclic) bond motifs is 7. The lowest BCUT2D eigenvalue weighted by Crippen LogP contribution is -2.33. The van der Waals surface area contributed by atoms with E-state index < -0.39 is 0 Å². The van der Waals surface area contributed by atoms with Crippen LogP contribution in [0.5, 0.6) is 0 Å². The van der Waals surface area contributed by atoms with Crippen LogP contribution >= 0.6 is 0 Å². The van der Waals surface area contributed by atoms with Gasteiger partial charge in [-0.1, -0.05) is 158 Å². The third-order valence-electron chi connectivity index (χ3n) is 10.9. The molecule has 0 fully saturated rings. The molecule has 4 heteroatoms. The van der Waals surface area contributed by atoms with Gasteiger partial charge in [-0.05, 0) is 90.5 Å². The molecule has 9 aromatic carbocycles. The van der Waals surface area contributed by atoms with Crippen LogP contribution in [0.2, 0.25) is 0 Å². The number of aliphatic imine (C=N–C) groups is 2. The summed E-state index contributed by atoms with van der Waals surface area (Å²) in [6.45, 7) is 0. The summed E-state index contributed by atoms with van der Waals surface area (Å²) < 4.78 is 6.61. The molecule has 1 aliphatic rings. The minimum atomic E-state index is -0.382. The van der Waals surface area contributed by atoms with Gasteiger partial charge < -0.3 is 9.73 Å². The molecule has 0 bridgehead atoms. The lowest BCUT2D eigenvalue weighted by molar-refractivity contribution is 0.668. The van der Waals surface area contributed by atoms with Gasteiger partial charge in [-0.25, -0.2) is 9.98 Å². The van der Waals surface area contributed by atoms with E-state index in [1.807, 2.05) is 0 Å². The van der Waals surface area contributed by atoms with Crippen LogP contribution < -0.4 is 5.32 Å². The predicted molar refractivity (Wildman–Crippen MR) is 229 cm³/mol. The molecule has 258 valence electrons. The number of hydrogen-bond donors (Lipinski definition) is 1. The quantitative estimate of drug-likeness (QED) is 0.181. The van der Waals surface area contributed by atoms with Gasteiger partial charge in [0.25, 0.3) is 0 Å². The molecule has 4 nitrogen and oxygen atoms in total. The molecule has 0 aliphatic carbocycles. The van der Waals surface area contributed by atoms with Gasteiger partial charge in [-0.2, -0.15) is 0 Å². The van der Waals surface area contributed by atoms with Crippen molar-refractivity contribution in [1.29, 1.82) is 0 Å². The average molecular weight is 704 g/mol. The summed E-state index contributed by atoms with van der Waals surface area (Å²) in [5.74, 6) is 1.44. The first kappa shape index (κ1) is 31.2. The van der Waals surface area contributed by atoms with Crippen LogP contribution in [0.15, 0.2) is 202 Å². The number of amidine groups is 2.